The van der Waals surface area contributed by atoms with Crippen molar-refractivity contribution in [2.24, 2.45) is 0 Å². The first-order chi connectivity index (χ1) is 10.8. The van der Waals surface area contributed by atoms with E-state index in [2.05, 4.69) is 42.5 Å². The maximum Gasteiger partial charge on any atom is 0.203 e. The van der Waals surface area contributed by atoms with Gasteiger partial charge in [-0.25, -0.2) is 0 Å². The predicted octanol–water partition coefficient (Wildman–Crippen LogP) is 5.40. The summed E-state index contributed by atoms with van der Waals surface area (Å²) in [4.78, 5) is 14.1. The lowest BCUT2D eigenvalue weighted by Crippen LogP contribution is -2.02. The molecule has 106 valence electrons. The summed E-state index contributed by atoms with van der Waals surface area (Å²) in [5.74, 6) is 0. The van der Waals surface area contributed by atoms with E-state index in [4.69, 9.17) is 0 Å². The van der Waals surface area contributed by atoms with Gasteiger partial charge in [0.15, 0.2) is 14.3 Å². The molecule has 22 heavy (non-hydrogen) atoms. The Hall–Kier alpha value is -2.45. The van der Waals surface area contributed by atoms with Crippen molar-refractivity contribution in [3.63, 3.8) is 0 Å². The zero-order chi connectivity index (χ0) is 15.1. The van der Waals surface area contributed by atoms with Crippen molar-refractivity contribution in [3.8, 4) is 4.90 Å². The quantitative estimate of drug-likeness (QED) is 0.340. The lowest BCUT2D eigenvalue weighted by molar-refractivity contribution is 1.51. The standard InChI is InChI=1S/C20H15OS/c1-14-11-12-19-17(13-14)20(21)16-9-5-6-10-18(16)22(19)15-7-3-2-4-8-15/h2-13H,1H3/q+1. The van der Waals surface area contributed by atoms with Crippen molar-refractivity contribution in [2.45, 2.75) is 6.92 Å². The molecule has 0 radical (unpaired) electrons. The van der Waals surface area contributed by atoms with Crippen LogP contribution in [0.25, 0.3) is 25.1 Å². The molecular weight excluding hydrogens is 288 g/mol. The van der Waals surface area contributed by atoms with E-state index in [0.717, 1.165) is 25.7 Å². The highest BCUT2D eigenvalue weighted by Crippen LogP contribution is 2.42. The van der Waals surface area contributed by atoms with E-state index < -0.39 is 0 Å². The molecule has 0 amide bonds. The smallest absolute Gasteiger partial charge is 0.203 e. The van der Waals surface area contributed by atoms with Crippen LogP contribution in [-0.2, 0) is 0 Å². The molecule has 0 fully saturated rings. The molecule has 4 rings (SSSR count). The Kier molecular flexibility index (Phi) is 3.05. The molecule has 0 bridgehead atoms. The predicted molar refractivity (Wildman–Crippen MR) is 96.3 cm³/mol. The topological polar surface area (TPSA) is 17.1 Å². The van der Waals surface area contributed by atoms with Gasteiger partial charge in [0, 0.05) is 10.5 Å². The molecule has 0 spiro atoms. The number of aryl methyl sites for hydroxylation is 1. The minimum Gasteiger partial charge on any atom is -0.288 e. The second-order valence-corrected chi connectivity index (χ2v) is 7.41. The van der Waals surface area contributed by atoms with Gasteiger partial charge in [-0.2, -0.15) is 0 Å². The van der Waals surface area contributed by atoms with Crippen LogP contribution in [-0.4, -0.2) is 0 Å². The van der Waals surface area contributed by atoms with Gasteiger partial charge in [-0.1, -0.05) is 36.4 Å². The highest BCUT2D eigenvalue weighted by atomic mass is 32.2. The number of fused-ring (bicyclic) bond motifs is 2. The summed E-state index contributed by atoms with van der Waals surface area (Å²) in [6.45, 7) is 2.04. The van der Waals surface area contributed by atoms with Gasteiger partial charge in [0.05, 0.1) is 10.8 Å². The molecule has 0 aliphatic carbocycles. The second-order valence-electron chi connectivity index (χ2n) is 5.44. The van der Waals surface area contributed by atoms with Crippen LogP contribution in [0.3, 0.4) is 0 Å². The Morgan fingerprint density at radius 2 is 1.41 bits per heavy atom. The van der Waals surface area contributed by atoms with E-state index in [1.807, 2.05) is 37.3 Å². The van der Waals surface area contributed by atoms with E-state index in [-0.39, 0.29) is 15.9 Å². The van der Waals surface area contributed by atoms with E-state index >= 15 is 0 Å². The van der Waals surface area contributed by atoms with Crippen LogP contribution in [0.4, 0.5) is 0 Å². The summed E-state index contributed by atoms with van der Waals surface area (Å²) in [5, 5.41) is 1.69. The Morgan fingerprint density at radius 1 is 0.727 bits per heavy atom. The largest absolute Gasteiger partial charge is 0.288 e. The lowest BCUT2D eigenvalue weighted by Gasteiger charge is -2.03. The van der Waals surface area contributed by atoms with Gasteiger partial charge in [-0.05, 0) is 48.9 Å². The third-order valence-electron chi connectivity index (χ3n) is 3.93. The van der Waals surface area contributed by atoms with Crippen LogP contribution >= 0.6 is 10.5 Å². The molecule has 1 aromatic heterocycles. The van der Waals surface area contributed by atoms with Crippen molar-refractivity contribution in [1.82, 2.24) is 0 Å². The molecule has 1 nitrogen and oxygen atoms in total. The number of benzene rings is 3. The lowest BCUT2D eigenvalue weighted by atomic mass is 10.1. The summed E-state index contributed by atoms with van der Waals surface area (Å²) in [7, 11) is -0.208. The second kappa shape index (κ2) is 5.08. The summed E-state index contributed by atoms with van der Waals surface area (Å²) >= 11 is 0. The Labute approximate surface area is 131 Å². The van der Waals surface area contributed by atoms with Crippen molar-refractivity contribution in [2.75, 3.05) is 0 Å². The molecule has 0 N–H and O–H groups in total. The van der Waals surface area contributed by atoms with Crippen LogP contribution in [0.2, 0.25) is 0 Å². The third kappa shape index (κ3) is 1.96. The molecule has 3 aromatic carbocycles. The monoisotopic (exact) mass is 303 g/mol. The van der Waals surface area contributed by atoms with Gasteiger partial charge in [0.1, 0.15) is 0 Å². The summed E-state index contributed by atoms with van der Waals surface area (Å²) in [5.41, 5.74) is 1.28. The first kappa shape index (κ1) is 13.2. The van der Waals surface area contributed by atoms with Gasteiger partial charge < -0.3 is 0 Å². The van der Waals surface area contributed by atoms with Gasteiger partial charge in [0.25, 0.3) is 0 Å². The van der Waals surface area contributed by atoms with Crippen LogP contribution < -0.4 is 5.43 Å². The summed E-state index contributed by atoms with van der Waals surface area (Å²) in [6.07, 6.45) is 0. The maximum absolute atomic E-state index is 12.8. The van der Waals surface area contributed by atoms with E-state index in [0.29, 0.717) is 0 Å². The molecule has 0 saturated heterocycles. The zero-order valence-electron chi connectivity index (χ0n) is 12.2. The third-order valence-corrected chi connectivity index (χ3v) is 6.27. The minimum atomic E-state index is -0.208. The highest BCUT2D eigenvalue weighted by molar-refractivity contribution is 7.49. The normalized spacial score (nSPS) is 12.0. The molecule has 1 heterocycles. The van der Waals surface area contributed by atoms with E-state index in [1.165, 1.54) is 4.90 Å². The van der Waals surface area contributed by atoms with Crippen LogP contribution in [0.1, 0.15) is 5.56 Å². The first-order valence-electron chi connectivity index (χ1n) is 7.29. The fraction of sp³-hybridized carbons (Fsp3) is 0.0500. The summed E-state index contributed by atoms with van der Waals surface area (Å²) < 4.78 is 2.27. The maximum atomic E-state index is 12.8. The average molecular weight is 303 g/mol. The van der Waals surface area contributed by atoms with Crippen molar-refractivity contribution in [3.05, 3.63) is 88.6 Å². The minimum absolute atomic E-state index is 0.147. The Balaban J connectivity index is 2.30. The van der Waals surface area contributed by atoms with Gasteiger partial charge >= 0.3 is 0 Å². The van der Waals surface area contributed by atoms with E-state index in [1.54, 1.807) is 0 Å². The molecule has 0 aliphatic rings. The molecule has 0 saturated carbocycles. The van der Waals surface area contributed by atoms with Crippen LogP contribution in [0, 0.1) is 6.92 Å². The Bertz CT molecular complexity index is 1050. The number of hydrogen-bond donors (Lipinski definition) is 0. The molecule has 1 unspecified atom stereocenters. The first-order valence-corrected chi connectivity index (χ1v) is 8.52. The molecule has 1 atom stereocenters. The van der Waals surface area contributed by atoms with E-state index in [9.17, 15) is 4.79 Å². The van der Waals surface area contributed by atoms with Crippen molar-refractivity contribution >= 4 is 30.6 Å². The van der Waals surface area contributed by atoms with Gasteiger partial charge in [0.2, 0.25) is 5.43 Å². The summed E-state index contributed by atoms with van der Waals surface area (Å²) in [6, 6.07) is 24.7. The SMILES string of the molecule is Cc1ccc2c(c1)c(=O)c1ccccc1[s+]2-c1ccccc1. The number of hydrogen-bond acceptors (Lipinski definition) is 1. The fourth-order valence-corrected chi connectivity index (χ4v) is 5.25. The van der Waals surface area contributed by atoms with Gasteiger partial charge in [-0.15, -0.1) is 0 Å². The fourth-order valence-electron chi connectivity index (χ4n) is 2.91. The highest BCUT2D eigenvalue weighted by Gasteiger charge is 2.22. The molecule has 0 aliphatic heterocycles. The zero-order valence-corrected chi connectivity index (χ0v) is 13.1. The molecular formula is C20H15OS+. The van der Waals surface area contributed by atoms with Gasteiger partial charge in [-0.3, -0.25) is 4.79 Å². The van der Waals surface area contributed by atoms with Crippen molar-refractivity contribution in [1.29, 1.82) is 0 Å². The molecule has 4 aromatic rings. The van der Waals surface area contributed by atoms with Crippen molar-refractivity contribution < 1.29 is 0 Å². The average Bonchev–Trinajstić information content (AvgIpc) is 2.57. The number of rotatable bonds is 1. The molecule has 2 heteroatoms. The Morgan fingerprint density at radius 3 is 2.23 bits per heavy atom. The van der Waals surface area contributed by atoms with Crippen LogP contribution in [0.5, 0.6) is 0 Å². The van der Waals surface area contributed by atoms with Crippen LogP contribution in [0.15, 0.2) is 77.6 Å².